The summed E-state index contributed by atoms with van der Waals surface area (Å²) in [5.74, 6) is 0.440. The third-order valence-corrected chi connectivity index (χ3v) is 2.52. The molecule has 0 radical (unpaired) electrons. The van der Waals surface area contributed by atoms with Crippen LogP contribution in [0.3, 0.4) is 0 Å². The lowest BCUT2D eigenvalue weighted by molar-refractivity contribution is 1.09. The molecular weight excluding hydrogens is 208 g/mol. The smallest absolute Gasteiger partial charge is 0.207 e. The molecule has 2 heterocycles. The van der Waals surface area contributed by atoms with Gasteiger partial charge in [-0.15, -0.1) is 10.2 Å². The Morgan fingerprint density at radius 2 is 2.23 bits per heavy atom. The van der Waals surface area contributed by atoms with Crippen molar-refractivity contribution in [1.82, 2.24) is 15.2 Å². The zero-order valence-electron chi connectivity index (χ0n) is 6.44. The molecule has 0 saturated heterocycles. The lowest BCUT2D eigenvalue weighted by atomic mass is 10.3. The first-order chi connectivity index (χ1) is 6.27. The normalized spacial score (nSPS) is 10.2. The van der Waals surface area contributed by atoms with Crippen LogP contribution in [0.1, 0.15) is 0 Å². The van der Waals surface area contributed by atoms with Gasteiger partial charge in [-0.3, -0.25) is 0 Å². The summed E-state index contributed by atoms with van der Waals surface area (Å²) in [6, 6.07) is 3.63. The van der Waals surface area contributed by atoms with E-state index in [9.17, 15) is 0 Å². The van der Waals surface area contributed by atoms with E-state index < -0.39 is 0 Å². The molecule has 0 saturated carbocycles. The highest BCUT2D eigenvalue weighted by Gasteiger charge is 2.07. The Kier molecular flexibility index (Phi) is 2.12. The monoisotopic (exact) mass is 212 g/mol. The molecule has 0 fully saturated rings. The maximum Gasteiger partial charge on any atom is 0.207 e. The van der Waals surface area contributed by atoms with Crippen molar-refractivity contribution in [3.8, 4) is 10.6 Å². The number of aromatic nitrogens is 3. The van der Waals surface area contributed by atoms with Crippen LogP contribution in [0.2, 0.25) is 4.47 Å². The molecule has 0 unspecified atom stereocenters. The third-order valence-electron chi connectivity index (χ3n) is 1.47. The van der Waals surface area contributed by atoms with Gasteiger partial charge in [-0.2, -0.15) is 0 Å². The number of nitrogens with two attached hydrogens (primary N) is 1. The molecule has 2 aromatic heterocycles. The van der Waals surface area contributed by atoms with E-state index in [0.717, 1.165) is 5.56 Å². The molecule has 0 aliphatic rings. The molecule has 6 heteroatoms. The van der Waals surface area contributed by atoms with Gasteiger partial charge in [0, 0.05) is 6.20 Å². The van der Waals surface area contributed by atoms with E-state index in [4.69, 9.17) is 17.3 Å². The molecular formula is C7H5ClN4S. The van der Waals surface area contributed by atoms with Gasteiger partial charge in [0.1, 0.15) is 5.82 Å². The Labute approximate surface area is 83.4 Å². The molecule has 0 aliphatic carbocycles. The Morgan fingerprint density at radius 1 is 1.38 bits per heavy atom. The number of pyridine rings is 1. The van der Waals surface area contributed by atoms with Crippen molar-refractivity contribution < 1.29 is 0 Å². The quantitative estimate of drug-likeness (QED) is 0.784. The van der Waals surface area contributed by atoms with E-state index in [1.807, 2.05) is 6.07 Å². The molecule has 13 heavy (non-hydrogen) atoms. The van der Waals surface area contributed by atoms with Crippen molar-refractivity contribution in [2.24, 2.45) is 0 Å². The number of nitrogens with zero attached hydrogens (tertiary/aromatic N) is 3. The van der Waals surface area contributed by atoms with E-state index in [-0.39, 0.29) is 0 Å². The largest absolute Gasteiger partial charge is 0.383 e. The van der Waals surface area contributed by atoms with Gasteiger partial charge in [-0.25, -0.2) is 4.98 Å². The zero-order chi connectivity index (χ0) is 9.26. The Morgan fingerprint density at radius 3 is 2.85 bits per heavy atom. The Bertz CT molecular complexity index is 428. The average molecular weight is 213 g/mol. The van der Waals surface area contributed by atoms with Crippen molar-refractivity contribution in [2.45, 2.75) is 0 Å². The van der Waals surface area contributed by atoms with Gasteiger partial charge in [0.25, 0.3) is 0 Å². The number of rotatable bonds is 1. The van der Waals surface area contributed by atoms with Gasteiger partial charge in [0.05, 0.1) is 5.56 Å². The summed E-state index contributed by atoms with van der Waals surface area (Å²) in [4.78, 5) is 3.94. The predicted molar refractivity (Wildman–Crippen MR) is 52.6 cm³/mol. The molecule has 4 nitrogen and oxygen atoms in total. The van der Waals surface area contributed by atoms with Crippen LogP contribution in [0.4, 0.5) is 5.82 Å². The van der Waals surface area contributed by atoms with Gasteiger partial charge >= 0.3 is 0 Å². The second-order valence-corrected chi connectivity index (χ2v) is 3.86. The van der Waals surface area contributed by atoms with Crippen LogP contribution < -0.4 is 5.73 Å². The van der Waals surface area contributed by atoms with Gasteiger partial charge < -0.3 is 5.73 Å². The fraction of sp³-hybridized carbons (Fsp3) is 0. The highest BCUT2D eigenvalue weighted by Crippen LogP contribution is 2.28. The van der Waals surface area contributed by atoms with Gasteiger partial charge in [0.15, 0.2) is 5.01 Å². The molecule has 0 atom stereocenters. The van der Waals surface area contributed by atoms with Crippen LogP contribution >= 0.6 is 22.9 Å². The van der Waals surface area contributed by atoms with Gasteiger partial charge in [-0.1, -0.05) is 11.3 Å². The minimum absolute atomic E-state index is 0.401. The van der Waals surface area contributed by atoms with Crippen LogP contribution in [-0.2, 0) is 0 Å². The number of nitrogen functional groups attached to an aromatic ring is 1. The molecule has 0 bridgehead atoms. The van der Waals surface area contributed by atoms with Crippen molar-refractivity contribution >= 4 is 28.8 Å². The maximum absolute atomic E-state index is 5.65. The minimum Gasteiger partial charge on any atom is -0.383 e. The van der Waals surface area contributed by atoms with E-state index in [1.54, 1.807) is 12.3 Å². The molecule has 2 aromatic rings. The van der Waals surface area contributed by atoms with Gasteiger partial charge in [-0.05, 0) is 23.7 Å². The topological polar surface area (TPSA) is 64.7 Å². The van der Waals surface area contributed by atoms with Crippen molar-refractivity contribution in [3.63, 3.8) is 0 Å². The highest BCUT2D eigenvalue weighted by molar-refractivity contribution is 7.18. The average Bonchev–Trinajstić information content (AvgIpc) is 2.53. The number of hydrogen-bond acceptors (Lipinski definition) is 5. The summed E-state index contributed by atoms with van der Waals surface area (Å²) in [5, 5.41) is 8.24. The molecule has 66 valence electrons. The van der Waals surface area contributed by atoms with E-state index in [2.05, 4.69) is 15.2 Å². The summed E-state index contributed by atoms with van der Waals surface area (Å²) >= 11 is 6.92. The second-order valence-electron chi connectivity index (χ2n) is 2.30. The number of hydrogen-bond donors (Lipinski definition) is 1. The SMILES string of the molecule is Nc1ncccc1-c1nnc(Cl)s1. The molecule has 2 rings (SSSR count). The van der Waals surface area contributed by atoms with Crippen LogP contribution in [0.5, 0.6) is 0 Å². The fourth-order valence-corrected chi connectivity index (χ4v) is 1.77. The summed E-state index contributed by atoms with van der Waals surface area (Å²) in [6.07, 6.45) is 1.63. The summed E-state index contributed by atoms with van der Waals surface area (Å²) in [6.45, 7) is 0. The second kappa shape index (κ2) is 3.27. The minimum atomic E-state index is 0.401. The van der Waals surface area contributed by atoms with Crippen LogP contribution in [0, 0.1) is 0 Å². The zero-order valence-corrected chi connectivity index (χ0v) is 8.01. The molecule has 2 N–H and O–H groups in total. The summed E-state index contributed by atoms with van der Waals surface area (Å²) in [7, 11) is 0. The van der Waals surface area contributed by atoms with Crippen LogP contribution in [-0.4, -0.2) is 15.2 Å². The van der Waals surface area contributed by atoms with Crippen molar-refractivity contribution in [2.75, 3.05) is 5.73 Å². The Hall–Kier alpha value is -1.20. The summed E-state index contributed by atoms with van der Waals surface area (Å²) < 4.78 is 0.401. The van der Waals surface area contributed by atoms with Crippen molar-refractivity contribution in [1.29, 1.82) is 0 Å². The van der Waals surface area contributed by atoms with Crippen molar-refractivity contribution in [3.05, 3.63) is 22.8 Å². The van der Waals surface area contributed by atoms with Crippen LogP contribution in [0.25, 0.3) is 10.6 Å². The maximum atomic E-state index is 5.65. The highest BCUT2D eigenvalue weighted by atomic mass is 35.5. The lowest BCUT2D eigenvalue weighted by Gasteiger charge is -1.97. The third kappa shape index (κ3) is 1.61. The fourth-order valence-electron chi connectivity index (χ4n) is 0.913. The first-order valence-corrected chi connectivity index (χ1v) is 4.66. The van der Waals surface area contributed by atoms with Gasteiger partial charge in [0.2, 0.25) is 4.47 Å². The van der Waals surface area contributed by atoms with E-state index in [1.165, 1.54) is 11.3 Å². The molecule has 0 spiro atoms. The number of anilines is 1. The van der Waals surface area contributed by atoms with Crippen LogP contribution in [0.15, 0.2) is 18.3 Å². The number of halogens is 1. The lowest BCUT2D eigenvalue weighted by Crippen LogP contribution is -1.92. The molecule has 0 aromatic carbocycles. The molecule has 0 amide bonds. The van der Waals surface area contributed by atoms with E-state index >= 15 is 0 Å². The standard InChI is InChI=1S/C7H5ClN4S/c8-7-12-11-6(13-7)4-2-1-3-10-5(4)9/h1-3H,(H2,9,10). The summed E-state index contributed by atoms with van der Waals surface area (Å²) in [5.41, 5.74) is 6.42. The Balaban J connectivity index is 2.52. The first kappa shape index (κ1) is 8.40. The first-order valence-electron chi connectivity index (χ1n) is 3.47. The predicted octanol–water partition coefficient (Wildman–Crippen LogP) is 1.84. The molecule has 0 aliphatic heterocycles. The van der Waals surface area contributed by atoms with E-state index in [0.29, 0.717) is 15.3 Å².